The van der Waals surface area contributed by atoms with Gasteiger partial charge >= 0.3 is 0 Å². The van der Waals surface area contributed by atoms with Crippen LogP contribution in [0.25, 0.3) is 0 Å². The van der Waals surface area contributed by atoms with E-state index in [1.165, 1.54) is 6.08 Å². The number of carbonyl (C=O) groups is 1. The summed E-state index contributed by atoms with van der Waals surface area (Å²) in [6.07, 6.45) is 8.06. The monoisotopic (exact) mass is 570 g/mol. The van der Waals surface area contributed by atoms with Gasteiger partial charge in [0.15, 0.2) is 17.4 Å². The number of ketones is 1. The summed E-state index contributed by atoms with van der Waals surface area (Å²) in [6.45, 7) is 11.9. The van der Waals surface area contributed by atoms with E-state index >= 15 is 0 Å². The molecule has 9 nitrogen and oxygen atoms in total. The molecule has 1 aromatic heterocycles. The van der Waals surface area contributed by atoms with Gasteiger partial charge < -0.3 is 29.6 Å². The first-order valence-corrected chi connectivity index (χ1v) is 14.6. The van der Waals surface area contributed by atoms with E-state index in [1.807, 2.05) is 31.2 Å². The Hall–Kier alpha value is -3.08. The minimum atomic E-state index is -0.969. The molecule has 2 N–H and O–H groups in total. The Kier molecular flexibility index (Phi) is 10.7. The zero-order chi connectivity index (χ0) is 29.3. The molecule has 0 radical (unpaired) electrons. The summed E-state index contributed by atoms with van der Waals surface area (Å²) in [5.74, 6) is -0.255. The van der Waals surface area contributed by atoms with Gasteiger partial charge in [0.25, 0.3) is 5.97 Å². The highest BCUT2D eigenvalue weighted by molar-refractivity contribution is 5.89. The predicted molar refractivity (Wildman–Crippen MR) is 156 cm³/mol. The molecule has 41 heavy (non-hydrogen) atoms. The van der Waals surface area contributed by atoms with E-state index in [0.29, 0.717) is 51.4 Å². The van der Waals surface area contributed by atoms with Crippen molar-refractivity contribution in [2.24, 2.45) is 11.3 Å². The number of benzene rings is 1. The van der Waals surface area contributed by atoms with Gasteiger partial charge in [0.2, 0.25) is 5.95 Å². The van der Waals surface area contributed by atoms with Crippen molar-refractivity contribution in [3.63, 3.8) is 0 Å². The first-order chi connectivity index (χ1) is 19.7. The van der Waals surface area contributed by atoms with Crippen molar-refractivity contribution in [1.29, 1.82) is 0 Å². The molecule has 2 heterocycles. The molecule has 224 valence electrons. The van der Waals surface area contributed by atoms with Crippen molar-refractivity contribution in [2.75, 3.05) is 37.1 Å². The molecular weight excluding hydrogens is 527 g/mol. The predicted octanol–water partition coefficient (Wildman–Crippen LogP) is 6.40. The van der Waals surface area contributed by atoms with Gasteiger partial charge in [0, 0.05) is 36.4 Å². The highest BCUT2D eigenvalue weighted by Gasteiger charge is 2.40. The van der Waals surface area contributed by atoms with Crippen LogP contribution >= 0.6 is 0 Å². The number of rotatable bonds is 14. The minimum absolute atomic E-state index is 0.00713. The Labute approximate surface area is 242 Å². The van der Waals surface area contributed by atoms with E-state index in [-0.39, 0.29) is 34.9 Å². The summed E-state index contributed by atoms with van der Waals surface area (Å²) in [7, 11) is 0. The highest BCUT2D eigenvalue weighted by atomic mass is 19.1. The first kappa shape index (κ1) is 30.9. The maximum Gasteiger partial charge on any atom is 0.282 e. The van der Waals surface area contributed by atoms with Crippen LogP contribution < -0.4 is 15.4 Å². The van der Waals surface area contributed by atoms with Crippen LogP contribution in [0.15, 0.2) is 43.1 Å². The van der Waals surface area contributed by atoms with Crippen molar-refractivity contribution in [3.05, 3.63) is 48.9 Å². The maximum absolute atomic E-state index is 14.6. The van der Waals surface area contributed by atoms with Gasteiger partial charge in [-0.1, -0.05) is 40.2 Å². The summed E-state index contributed by atoms with van der Waals surface area (Å²) in [6, 6.07) is 7.35. The zero-order valence-electron chi connectivity index (χ0n) is 24.4. The lowest BCUT2D eigenvalue weighted by Crippen LogP contribution is -2.49. The van der Waals surface area contributed by atoms with Gasteiger partial charge in [-0.3, -0.25) is 4.79 Å². The maximum atomic E-state index is 14.6. The van der Waals surface area contributed by atoms with Gasteiger partial charge in [-0.05, 0) is 49.1 Å². The second-order valence-electron chi connectivity index (χ2n) is 11.5. The van der Waals surface area contributed by atoms with Gasteiger partial charge in [-0.25, -0.2) is 9.37 Å². The normalized spacial score (nSPS) is 21.6. The number of hydrogen-bond acceptors (Lipinski definition) is 9. The SMILES string of the molecule is C=CC(=O)CC1CCCCC1Nc1nc(Nc2ccc(OCCCOC3(CC)OCC(C)(C)CO3)cc2)ncc1F. The fraction of sp³-hybridized carbons (Fsp3) is 0.581. The van der Waals surface area contributed by atoms with Gasteiger partial charge in [0.05, 0.1) is 32.6 Å². The third kappa shape index (κ3) is 8.95. The number of carbonyl (C=O) groups excluding carboxylic acids is 1. The molecule has 1 saturated carbocycles. The van der Waals surface area contributed by atoms with E-state index < -0.39 is 11.8 Å². The number of allylic oxidation sites excluding steroid dienone is 1. The lowest BCUT2D eigenvalue weighted by atomic mass is 9.81. The third-order valence-corrected chi connectivity index (χ3v) is 7.45. The molecule has 4 rings (SSSR count). The quantitative estimate of drug-likeness (QED) is 0.197. The fourth-order valence-corrected chi connectivity index (χ4v) is 5.01. The second kappa shape index (κ2) is 14.2. The Morgan fingerprint density at radius 2 is 1.90 bits per heavy atom. The molecule has 1 aliphatic carbocycles. The van der Waals surface area contributed by atoms with Crippen LogP contribution in [0.4, 0.5) is 21.8 Å². The van der Waals surface area contributed by atoms with E-state index in [2.05, 4.69) is 41.0 Å². The third-order valence-electron chi connectivity index (χ3n) is 7.45. The van der Waals surface area contributed by atoms with Crippen LogP contribution in [0, 0.1) is 17.2 Å². The number of nitrogens with zero attached hydrogens (tertiary/aromatic N) is 2. The Morgan fingerprint density at radius 3 is 2.61 bits per heavy atom. The molecule has 2 unspecified atom stereocenters. The van der Waals surface area contributed by atoms with Crippen molar-refractivity contribution in [3.8, 4) is 5.75 Å². The molecule has 2 aliphatic rings. The standard InChI is InChI=1S/C31H43FN4O5/c1-5-24(37)18-22-10-7-8-11-27(22)35-28-26(32)19-33-29(36-28)34-23-12-14-25(15-13-23)38-16-9-17-39-31(6-2)40-20-30(3,4)21-41-31/h5,12-15,19,22,27H,1,6-11,16-18,20-21H2,2-4H3,(H2,33,34,35,36). The van der Waals surface area contributed by atoms with E-state index in [4.69, 9.17) is 18.9 Å². The number of hydrogen-bond donors (Lipinski definition) is 2. The smallest absolute Gasteiger partial charge is 0.282 e. The second-order valence-corrected chi connectivity index (χ2v) is 11.5. The van der Waals surface area contributed by atoms with Crippen LogP contribution in [-0.4, -0.2) is 54.2 Å². The lowest BCUT2D eigenvalue weighted by molar-refractivity contribution is -0.418. The van der Waals surface area contributed by atoms with Gasteiger partial charge in [-0.2, -0.15) is 4.98 Å². The molecule has 0 amide bonds. The van der Waals surface area contributed by atoms with Crippen molar-refractivity contribution in [2.45, 2.75) is 77.7 Å². The van der Waals surface area contributed by atoms with Crippen molar-refractivity contribution in [1.82, 2.24) is 9.97 Å². The van der Waals surface area contributed by atoms with Gasteiger partial charge in [0.1, 0.15) is 5.75 Å². The van der Waals surface area contributed by atoms with E-state index in [0.717, 1.165) is 37.6 Å². The molecule has 2 aromatic rings. The van der Waals surface area contributed by atoms with Crippen LogP contribution in [-0.2, 0) is 19.0 Å². The van der Waals surface area contributed by atoms with E-state index in [9.17, 15) is 9.18 Å². The number of nitrogens with one attached hydrogen (secondary N) is 2. The molecular formula is C31H43FN4O5. The first-order valence-electron chi connectivity index (χ1n) is 14.6. The fourth-order valence-electron chi connectivity index (χ4n) is 5.01. The zero-order valence-corrected chi connectivity index (χ0v) is 24.4. The van der Waals surface area contributed by atoms with Crippen LogP contribution in [0.3, 0.4) is 0 Å². The molecule has 0 bridgehead atoms. The number of halogens is 1. The topological polar surface area (TPSA) is 104 Å². The molecule has 2 atom stereocenters. The highest BCUT2D eigenvalue weighted by Crippen LogP contribution is 2.33. The van der Waals surface area contributed by atoms with Crippen LogP contribution in [0.2, 0.25) is 0 Å². The summed E-state index contributed by atoms with van der Waals surface area (Å²) >= 11 is 0. The molecule has 0 spiro atoms. The molecule has 1 saturated heterocycles. The van der Waals surface area contributed by atoms with Crippen LogP contribution in [0.1, 0.15) is 65.7 Å². The molecule has 2 fully saturated rings. The molecule has 10 heteroatoms. The Morgan fingerprint density at radius 1 is 1.17 bits per heavy atom. The van der Waals surface area contributed by atoms with E-state index in [1.54, 1.807) is 0 Å². The molecule has 1 aromatic carbocycles. The Bertz CT molecular complexity index is 1150. The average molecular weight is 571 g/mol. The van der Waals surface area contributed by atoms with Crippen molar-refractivity contribution < 1.29 is 28.1 Å². The summed E-state index contributed by atoms with van der Waals surface area (Å²) in [5, 5.41) is 6.35. The number of aromatic nitrogens is 2. The van der Waals surface area contributed by atoms with Crippen molar-refractivity contribution >= 4 is 23.2 Å². The summed E-state index contributed by atoms with van der Waals surface area (Å²) < 4.78 is 38.1. The molecule has 1 aliphatic heterocycles. The summed E-state index contributed by atoms with van der Waals surface area (Å²) in [4.78, 5) is 20.4. The lowest BCUT2D eigenvalue weighted by Gasteiger charge is -2.42. The van der Waals surface area contributed by atoms with Crippen LogP contribution in [0.5, 0.6) is 5.75 Å². The minimum Gasteiger partial charge on any atom is -0.494 e. The average Bonchev–Trinajstić information content (AvgIpc) is 2.97. The van der Waals surface area contributed by atoms with Gasteiger partial charge in [-0.15, -0.1) is 0 Å². The Balaban J connectivity index is 1.24. The largest absolute Gasteiger partial charge is 0.494 e. The number of anilines is 3. The summed E-state index contributed by atoms with van der Waals surface area (Å²) in [5.41, 5.74) is 0.727. The number of ether oxygens (including phenoxy) is 4.